The first-order valence-corrected chi connectivity index (χ1v) is 14.7. The average Bonchev–Trinajstić information content (AvgIpc) is 3.58. The summed E-state index contributed by atoms with van der Waals surface area (Å²) in [5, 5.41) is 16.3. The quantitative estimate of drug-likeness (QED) is 0.350. The average molecular weight is 558 g/mol. The third-order valence-corrected chi connectivity index (χ3v) is 9.76. The van der Waals surface area contributed by atoms with Crippen LogP contribution in [0, 0.1) is 5.82 Å². The number of rotatable bonds is 5. The lowest BCUT2D eigenvalue weighted by atomic mass is 9.95. The van der Waals surface area contributed by atoms with E-state index in [1.165, 1.54) is 0 Å². The van der Waals surface area contributed by atoms with Crippen molar-refractivity contribution >= 4 is 27.5 Å². The molecule has 41 heavy (non-hydrogen) atoms. The van der Waals surface area contributed by atoms with Crippen LogP contribution in [0.2, 0.25) is 0 Å². The van der Waals surface area contributed by atoms with E-state index < -0.39 is 12.0 Å². The molecule has 0 amide bonds. The van der Waals surface area contributed by atoms with E-state index in [1.54, 1.807) is 18.2 Å². The lowest BCUT2D eigenvalue weighted by Crippen LogP contribution is -2.52. The minimum atomic E-state index is -0.861. The Morgan fingerprint density at radius 2 is 1.85 bits per heavy atom. The lowest BCUT2D eigenvalue weighted by Gasteiger charge is -2.37. The molecule has 4 aliphatic rings. The van der Waals surface area contributed by atoms with Crippen LogP contribution in [0.5, 0.6) is 11.8 Å². The number of fused-ring (bicyclic) bond motifs is 5. The Kier molecular flexibility index (Phi) is 5.83. The van der Waals surface area contributed by atoms with Crippen molar-refractivity contribution in [1.29, 1.82) is 0 Å². The number of benzene rings is 3. The highest BCUT2D eigenvalue weighted by Crippen LogP contribution is 2.43. The van der Waals surface area contributed by atoms with Crippen LogP contribution in [0.3, 0.4) is 0 Å². The Balaban J connectivity index is 1.26. The molecule has 0 aliphatic carbocycles. The fourth-order valence-electron chi connectivity index (χ4n) is 7.88. The summed E-state index contributed by atoms with van der Waals surface area (Å²) in [7, 11) is 0. The van der Waals surface area contributed by atoms with Crippen molar-refractivity contribution < 1.29 is 18.6 Å². The van der Waals surface area contributed by atoms with E-state index in [2.05, 4.69) is 20.1 Å². The van der Waals surface area contributed by atoms with Crippen LogP contribution in [0.1, 0.15) is 32.1 Å². The zero-order chi connectivity index (χ0) is 27.7. The van der Waals surface area contributed by atoms with E-state index in [0.29, 0.717) is 35.3 Å². The van der Waals surface area contributed by atoms with Crippen LogP contribution in [-0.4, -0.2) is 76.6 Å². The highest BCUT2D eigenvalue weighted by atomic mass is 19.1. The first kappa shape index (κ1) is 25.2. The standard InChI is InChI=1S/C32H33F2N5O2/c33-20-14-32(10-3-11-38(32)17-20)18-41-31-36-29-26(30(37-31)39-21-6-7-22(39)16-35-15-21)9-8-25(28(29)34)27-13-23(40)12-19-4-1-2-5-24(19)27/h1-2,4-5,8-9,12-13,20-22,35,40H,3,6-7,10-11,14-18H2/t20-,21-,22+,32-/m1/s1. The molecule has 0 spiro atoms. The van der Waals surface area contributed by atoms with Crippen molar-refractivity contribution in [1.82, 2.24) is 20.2 Å². The minimum absolute atomic E-state index is 0.0751. The van der Waals surface area contributed by atoms with Crippen LogP contribution in [-0.2, 0) is 0 Å². The Labute approximate surface area is 237 Å². The minimum Gasteiger partial charge on any atom is -0.508 e. The molecule has 4 aromatic rings. The van der Waals surface area contributed by atoms with E-state index in [4.69, 9.17) is 9.72 Å². The summed E-state index contributed by atoms with van der Waals surface area (Å²) >= 11 is 0. The molecule has 5 heterocycles. The molecule has 0 radical (unpaired) electrons. The number of anilines is 1. The van der Waals surface area contributed by atoms with Crippen molar-refractivity contribution in [2.45, 2.75) is 55.9 Å². The SMILES string of the molecule is Oc1cc(-c2ccc3c(N4[C@@H]5CC[C@H]4CNC5)nc(OC[C@]45CCCN4C[C@H](F)C5)nc3c2F)c2ccccc2c1. The van der Waals surface area contributed by atoms with Gasteiger partial charge in [-0.15, -0.1) is 0 Å². The molecule has 2 bridgehead atoms. The number of piperazine rings is 1. The topological polar surface area (TPSA) is 73.8 Å². The molecule has 7 nitrogen and oxygen atoms in total. The second kappa shape index (κ2) is 9.49. The molecule has 4 fully saturated rings. The summed E-state index contributed by atoms with van der Waals surface area (Å²) < 4.78 is 37.3. The van der Waals surface area contributed by atoms with Gasteiger partial charge in [-0.05, 0) is 66.8 Å². The van der Waals surface area contributed by atoms with Crippen molar-refractivity contribution in [3.63, 3.8) is 0 Å². The Morgan fingerprint density at radius 1 is 1.02 bits per heavy atom. The van der Waals surface area contributed by atoms with Gasteiger partial charge in [-0.3, -0.25) is 4.90 Å². The van der Waals surface area contributed by atoms with Gasteiger partial charge in [0.05, 0.1) is 5.54 Å². The van der Waals surface area contributed by atoms with Gasteiger partial charge in [-0.1, -0.05) is 30.3 Å². The van der Waals surface area contributed by atoms with Gasteiger partial charge >= 0.3 is 6.01 Å². The summed E-state index contributed by atoms with van der Waals surface area (Å²) in [5.74, 6) is 0.298. The summed E-state index contributed by atoms with van der Waals surface area (Å²) in [6.07, 6.45) is 3.56. The summed E-state index contributed by atoms with van der Waals surface area (Å²) in [5.41, 5.74) is 0.807. The first-order valence-electron chi connectivity index (χ1n) is 14.7. The maximum atomic E-state index is 16.6. The molecule has 2 N–H and O–H groups in total. The molecule has 1 aromatic heterocycles. The molecule has 9 heteroatoms. The van der Waals surface area contributed by atoms with Crippen LogP contribution >= 0.6 is 0 Å². The third-order valence-electron chi connectivity index (χ3n) is 9.76. The Morgan fingerprint density at radius 3 is 2.71 bits per heavy atom. The molecule has 4 atom stereocenters. The summed E-state index contributed by atoms with van der Waals surface area (Å²) in [6.45, 7) is 3.29. The van der Waals surface area contributed by atoms with Gasteiger partial charge in [0.1, 0.15) is 29.9 Å². The number of halogens is 2. The number of phenolic OH excluding ortho intramolecular Hbond substituents is 1. The zero-order valence-electron chi connectivity index (χ0n) is 22.8. The predicted molar refractivity (Wildman–Crippen MR) is 155 cm³/mol. The van der Waals surface area contributed by atoms with E-state index in [0.717, 1.165) is 56.1 Å². The molecule has 8 rings (SSSR count). The predicted octanol–water partition coefficient (Wildman–Crippen LogP) is 5.19. The van der Waals surface area contributed by atoms with E-state index in [-0.39, 0.29) is 41.5 Å². The highest BCUT2D eigenvalue weighted by Gasteiger charge is 2.49. The van der Waals surface area contributed by atoms with E-state index in [1.807, 2.05) is 30.3 Å². The second-order valence-electron chi connectivity index (χ2n) is 12.2. The Hall–Kier alpha value is -3.56. The van der Waals surface area contributed by atoms with Crippen molar-refractivity contribution in [2.75, 3.05) is 37.7 Å². The summed E-state index contributed by atoms with van der Waals surface area (Å²) in [6, 6.07) is 15.3. The van der Waals surface area contributed by atoms with Crippen molar-refractivity contribution in [3.8, 4) is 22.9 Å². The maximum absolute atomic E-state index is 16.6. The number of aromatic nitrogens is 2. The lowest BCUT2D eigenvalue weighted by molar-refractivity contribution is 0.107. The molecule has 0 unspecified atom stereocenters. The number of hydrogen-bond donors (Lipinski definition) is 2. The fourth-order valence-corrected chi connectivity index (χ4v) is 7.88. The largest absolute Gasteiger partial charge is 0.508 e. The highest BCUT2D eigenvalue weighted by molar-refractivity contribution is 6.01. The first-order chi connectivity index (χ1) is 20.0. The van der Waals surface area contributed by atoms with Crippen LogP contribution in [0.4, 0.5) is 14.6 Å². The van der Waals surface area contributed by atoms with Gasteiger partial charge in [0, 0.05) is 49.1 Å². The number of ether oxygens (including phenoxy) is 1. The van der Waals surface area contributed by atoms with Gasteiger partial charge in [0.2, 0.25) is 0 Å². The molecule has 4 saturated heterocycles. The van der Waals surface area contributed by atoms with E-state index >= 15 is 4.39 Å². The zero-order valence-corrected chi connectivity index (χ0v) is 22.8. The number of nitrogens with one attached hydrogen (secondary N) is 1. The molecular weight excluding hydrogens is 524 g/mol. The van der Waals surface area contributed by atoms with Gasteiger partial charge < -0.3 is 20.1 Å². The van der Waals surface area contributed by atoms with Gasteiger partial charge in [-0.2, -0.15) is 9.97 Å². The molecule has 3 aromatic carbocycles. The third kappa shape index (κ3) is 4.04. The molecule has 212 valence electrons. The Bertz CT molecular complexity index is 1650. The van der Waals surface area contributed by atoms with Crippen molar-refractivity contribution in [3.05, 3.63) is 54.3 Å². The molecule has 4 aliphatic heterocycles. The summed E-state index contributed by atoms with van der Waals surface area (Å²) in [4.78, 5) is 14.1. The number of alkyl halides is 1. The number of hydrogen-bond acceptors (Lipinski definition) is 7. The normalized spacial score (nSPS) is 27.7. The van der Waals surface area contributed by atoms with Crippen LogP contribution in [0.25, 0.3) is 32.8 Å². The van der Waals surface area contributed by atoms with Gasteiger partial charge in [0.15, 0.2) is 5.82 Å². The number of nitrogens with zero attached hydrogens (tertiary/aromatic N) is 4. The molecular formula is C32H33F2N5O2. The van der Waals surface area contributed by atoms with Gasteiger partial charge in [0.25, 0.3) is 0 Å². The van der Waals surface area contributed by atoms with Gasteiger partial charge in [-0.25, -0.2) is 8.78 Å². The maximum Gasteiger partial charge on any atom is 0.319 e. The fraction of sp³-hybridized carbons (Fsp3) is 0.438. The second-order valence-corrected chi connectivity index (χ2v) is 12.2. The monoisotopic (exact) mass is 557 g/mol. The number of aromatic hydroxyl groups is 1. The number of phenols is 1. The smallest absolute Gasteiger partial charge is 0.319 e. The van der Waals surface area contributed by atoms with Crippen LogP contribution < -0.4 is 15.0 Å². The molecule has 0 saturated carbocycles. The van der Waals surface area contributed by atoms with Crippen LogP contribution in [0.15, 0.2) is 48.5 Å². The van der Waals surface area contributed by atoms with E-state index in [9.17, 15) is 9.50 Å². The van der Waals surface area contributed by atoms with Crippen molar-refractivity contribution in [2.24, 2.45) is 0 Å².